The maximum Gasteiger partial charge on any atom is 0.251 e. The molecule has 6 nitrogen and oxygen atoms in total. The number of hydrogen-bond donors (Lipinski definition) is 1. The number of halogens is 1. The number of nitrogens with one attached hydrogen (secondary N) is 1. The normalized spacial score (nSPS) is 13.3. The first-order valence-corrected chi connectivity index (χ1v) is 11.2. The van der Waals surface area contributed by atoms with Gasteiger partial charge >= 0.3 is 0 Å². The topological polar surface area (TPSA) is 67.2 Å². The highest BCUT2D eigenvalue weighted by atomic mass is 19.1. The Morgan fingerprint density at radius 2 is 1.68 bits per heavy atom. The first-order chi connectivity index (χ1) is 16.6. The summed E-state index contributed by atoms with van der Waals surface area (Å²) in [6, 6.07) is 22.9. The molecule has 1 aliphatic rings. The van der Waals surface area contributed by atoms with Gasteiger partial charge in [0.05, 0.1) is 11.4 Å². The molecule has 0 aliphatic carbocycles. The number of carbonyl (C=O) groups is 2. The fourth-order valence-corrected chi connectivity index (χ4v) is 4.09. The zero-order chi connectivity index (χ0) is 23.5. The van der Waals surface area contributed by atoms with E-state index in [0.29, 0.717) is 24.2 Å². The van der Waals surface area contributed by atoms with Crippen LogP contribution in [-0.4, -0.2) is 28.1 Å². The predicted octanol–water partition coefficient (Wildman–Crippen LogP) is 4.74. The van der Waals surface area contributed by atoms with Gasteiger partial charge in [-0.1, -0.05) is 18.2 Å². The Labute approximate surface area is 196 Å². The zero-order valence-electron chi connectivity index (χ0n) is 18.4. The van der Waals surface area contributed by atoms with Gasteiger partial charge in [-0.15, -0.1) is 0 Å². The van der Waals surface area contributed by atoms with Crippen LogP contribution in [0.1, 0.15) is 28.8 Å². The van der Waals surface area contributed by atoms with Gasteiger partial charge in [0.2, 0.25) is 5.91 Å². The molecular weight excluding hydrogens is 431 g/mol. The molecule has 1 fully saturated rings. The largest absolute Gasteiger partial charge is 0.348 e. The molecule has 3 aromatic carbocycles. The molecule has 170 valence electrons. The second-order valence-electron chi connectivity index (χ2n) is 8.17. The first kappa shape index (κ1) is 21.6. The lowest BCUT2D eigenvalue weighted by atomic mass is 10.1. The summed E-state index contributed by atoms with van der Waals surface area (Å²) in [5.41, 5.74) is 4.45. The van der Waals surface area contributed by atoms with Crippen LogP contribution in [0.25, 0.3) is 16.9 Å². The Morgan fingerprint density at radius 3 is 2.35 bits per heavy atom. The van der Waals surface area contributed by atoms with E-state index in [9.17, 15) is 14.0 Å². The van der Waals surface area contributed by atoms with E-state index >= 15 is 0 Å². The van der Waals surface area contributed by atoms with Gasteiger partial charge in [0.25, 0.3) is 5.91 Å². The average molecular weight is 455 g/mol. The lowest BCUT2D eigenvalue weighted by Gasteiger charge is -2.15. The summed E-state index contributed by atoms with van der Waals surface area (Å²) in [4.78, 5) is 26.5. The number of rotatable bonds is 6. The van der Waals surface area contributed by atoms with Crippen LogP contribution < -0.4 is 10.2 Å². The van der Waals surface area contributed by atoms with Crippen molar-refractivity contribution in [2.75, 3.05) is 11.4 Å². The molecule has 0 unspecified atom stereocenters. The molecule has 0 saturated carbocycles. The molecule has 1 saturated heterocycles. The smallest absolute Gasteiger partial charge is 0.251 e. The monoisotopic (exact) mass is 454 g/mol. The van der Waals surface area contributed by atoms with Crippen LogP contribution in [0, 0.1) is 5.82 Å². The molecule has 1 N–H and O–H groups in total. The highest BCUT2D eigenvalue weighted by molar-refractivity contribution is 5.97. The maximum absolute atomic E-state index is 13.5. The summed E-state index contributed by atoms with van der Waals surface area (Å²) in [7, 11) is 0. The highest BCUT2D eigenvalue weighted by Gasteiger charge is 2.22. The Morgan fingerprint density at radius 1 is 0.941 bits per heavy atom. The number of anilines is 1. The molecule has 4 aromatic rings. The Balaban J connectivity index is 1.36. The maximum atomic E-state index is 13.5. The van der Waals surface area contributed by atoms with Crippen LogP contribution in [-0.2, 0) is 11.3 Å². The Bertz CT molecular complexity index is 1320. The van der Waals surface area contributed by atoms with Crippen LogP contribution >= 0.6 is 0 Å². The van der Waals surface area contributed by atoms with Gasteiger partial charge in [-0.2, -0.15) is 5.10 Å². The fraction of sp³-hybridized carbons (Fsp3) is 0.148. The lowest BCUT2D eigenvalue weighted by molar-refractivity contribution is -0.117. The van der Waals surface area contributed by atoms with Crippen LogP contribution in [0.4, 0.5) is 10.1 Å². The van der Waals surface area contributed by atoms with Gasteiger partial charge in [-0.25, -0.2) is 9.07 Å². The third-order valence-electron chi connectivity index (χ3n) is 5.88. The van der Waals surface area contributed by atoms with E-state index in [-0.39, 0.29) is 24.2 Å². The van der Waals surface area contributed by atoms with Crippen molar-refractivity contribution in [1.82, 2.24) is 15.1 Å². The fourth-order valence-electron chi connectivity index (χ4n) is 4.09. The van der Waals surface area contributed by atoms with Gasteiger partial charge in [0.1, 0.15) is 5.82 Å². The van der Waals surface area contributed by atoms with Crippen molar-refractivity contribution in [1.29, 1.82) is 0 Å². The third kappa shape index (κ3) is 4.45. The number of nitrogens with zero attached hydrogens (tertiary/aromatic N) is 3. The number of para-hydroxylation sites is 1. The Hall–Kier alpha value is -4.26. The molecule has 2 heterocycles. The predicted molar refractivity (Wildman–Crippen MR) is 128 cm³/mol. The molecule has 34 heavy (non-hydrogen) atoms. The standard InChI is InChI=1S/C27H23FN4O2/c28-22-12-8-19(9-13-22)26-21(18-32(30-26)24-5-2-1-3-6-24)17-29-27(34)20-10-14-23(15-11-20)31-16-4-7-25(31)33/h1-3,5-6,8-15,18H,4,7,16-17H2,(H,29,34). The molecule has 0 atom stereocenters. The molecule has 2 amide bonds. The van der Waals surface area contributed by atoms with Crippen LogP contribution in [0.2, 0.25) is 0 Å². The van der Waals surface area contributed by atoms with Crippen LogP contribution in [0.15, 0.2) is 85.1 Å². The molecule has 7 heteroatoms. The molecule has 0 bridgehead atoms. The molecule has 0 spiro atoms. The van der Waals surface area contributed by atoms with Gasteiger partial charge in [-0.3, -0.25) is 9.59 Å². The van der Waals surface area contributed by atoms with E-state index in [4.69, 9.17) is 5.10 Å². The van der Waals surface area contributed by atoms with Gasteiger partial charge in [0.15, 0.2) is 0 Å². The average Bonchev–Trinajstić information content (AvgIpc) is 3.50. The summed E-state index contributed by atoms with van der Waals surface area (Å²) in [5, 5.41) is 7.65. The third-order valence-corrected chi connectivity index (χ3v) is 5.88. The number of benzene rings is 3. The molecule has 1 aromatic heterocycles. The van der Waals surface area contributed by atoms with E-state index in [0.717, 1.165) is 28.9 Å². The van der Waals surface area contributed by atoms with Crippen molar-refractivity contribution in [3.63, 3.8) is 0 Å². The summed E-state index contributed by atoms with van der Waals surface area (Å²) in [6.45, 7) is 0.965. The summed E-state index contributed by atoms with van der Waals surface area (Å²) < 4.78 is 15.2. The molecule has 5 rings (SSSR count). The zero-order valence-corrected chi connectivity index (χ0v) is 18.4. The molecular formula is C27H23FN4O2. The van der Waals surface area contributed by atoms with Crippen molar-refractivity contribution in [3.05, 3.63) is 102 Å². The van der Waals surface area contributed by atoms with Crippen molar-refractivity contribution >= 4 is 17.5 Å². The summed E-state index contributed by atoms with van der Waals surface area (Å²) >= 11 is 0. The Kier molecular flexibility index (Phi) is 5.91. The number of carbonyl (C=O) groups excluding carboxylic acids is 2. The van der Waals surface area contributed by atoms with Gasteiger partial charge in [0, 0.05) is 48.1 Å². The van der Waals surface area contributed by atoms with E-state index in [2.05, 4.69) is 5.32 Å². The summed E-state index contributed by atoms with van der Waals surface area (Å²) in [6.07, 6.45) is 3.29. The van der Waals surface area contributed by atoms with E-state index in [1.807, 2.05) is 36.5 Å². The van der Waals surface area contributed by atoms with Crippen molar-refractivity contribution in [3.8, 4) is 16.9 Å². The van der Waals surface area contributed by atoms with E-state index < -0.39 is 0 Å². The first-order valence-electron chi connectivity index (χ1n) is 11.2. The van der Waals surface area contributed by atoms with E-state index in [1.165, 1.54) is 12.1 Å². The van der Waals surface area contributed by atoms with Crippen molar-refractivity contribution in [2.45, 2.75) is 19.4 Å². The SMILES string of the molecule is O=C(NCc1cn(-c2ccccc2)nc1-c1ccc(F)cc1)c1ccc(N2CCCC2=O)cc1. The minimum atomic E-state index is -0.319. The lowest BCUT2D eigenvalue weighted by Crippen LogP contribution is -2.25. The van der Waals surface area contributed by atoms with Gasteiger partial charge in [-0.05, 0) is 67.1 Å². The van der Waals surface area contributed by atoms with Crippen LogP contribution in [0.5, 0.6) is 0 Å². The second kappa shape index (κ2) is 9.31. The number of aromatic nitrogens is 2. The minimum absolute atomic E-state index is 0.112. The quantitative estimate of drug-likeness (QED) is 0.458. The van der Waals surface area contributed by atoms with E-state index in [1.54, 1.807) is 46.0 Å². The number of amides is 2. The highest BCUT2D eigenvalue weighted by Crippen LogP contribution is 2.25. The van der Waals surface area contributed by atoms with Crippen LogP contribution in [0.3, 0.4) is 0 Å². The summed E-state index contributed by atoms with van der Waals surface area (Å²) in [5.74, 6) is -0.432. The second-order valence-corrected chi connectivity index (χ2v) is 8.17. The number of hydrogen-bond acceptors (Lipinski definition) is 3. The van der Waals surface area contributed by atoms with Crippen molar-refractivity contribution < 1.29 is 14.0 Å². The molecule has 1 aliphatic heterocycles. The molecule has 0 radical (unpaired) electrons. The van der Waals surface area contributed by atoms with Gasteiger partial charge < -0.3 is 10.2 Å². The van der Waals surface area contributed by atoms with Crippen molar-refractivity contribution in [2.24, 2.45) is 0 Å². The minimum Gasteiger partial charge on any atom is -0.348 e.